The minimum atomic E-state index is 0.542. The summed E-state index contributed by atoms with van der Waals surface area (Å²) < 4.78 is 0. The Balaban J connectivity index is 2.59. The van der Waals surface area contributed by atoms with Crippen molar-refractivity contribution in [2.75, 3.05) is 5.33 Å². The lowest BCUT2D eigenvalue weighted by Crippen LogP contribution is -1.89. The Morgan fingerprint density at radius 2 is 2.00 bits per heavy atom. The van der Waals surface area contributed by atoms with Gasteiger partial charge in [0.1, 0.15) is 0 Å². The van der Waals surface area contributed by atoms with Gasteiger partial charge in [-0.15, -0.1) is 0 Å². The highest BCUT2D eigenvalue weighted by molar-refractivity contribution is 9.09. The van der Waals surface area contributed by atoms with Crippen molar-refractivity contribution in [1.29, 1.82) is 0 Å². The summed E-state index contributed by atoms with van der Waals surface area (Å²) in [5.41, 5.74) is 1.99. The van der Waals surface area contributed by atoms with Gasteiger partial charge in [0.15, 0.2) is 0 Å². The van der Waals surface area contributed by atoms with Crippen molar-refractivity contribution in [1.82, 2.24) is 0 Å². The van der Waals surface area contributed by atoms with Gasteiger partial charge in [0.05, 0.1) is 0 Å². The van der Waals surface area contributed by atoms with E-state index in [1.165, 1.54) is 5.57 Å². The second-order valence-electron chi connectivity index (χ2n) is 4.35. The highest BCUT2D eigenvalue weighted by Gasteiger charge is 2.54. The molecule has 2 atom stereocenters. The third-order valence-corrected chi connectivity index (χ3v) is 3.52. The van der Waals surface area contributed by atoms with Crippen LogP contribution in [0.2, 0.25) is 0 Å². The Morgan fingerprint density at radius 1 is 1.45 bits per heavy atom. The van der Waals surface area contributed by atoms with Crippen LogP contribution in [0.15, 0.2) is 11.6 Å². The van der Waals surface area contributed by atoms with Crippen molar-refractivity contribution in [2.45, 2.75) is 27.7 Å². The van der Waals surface area contributed by atoms with Crippen LogP contribution in [-0.4, -0.2) is 5.33 Å². The van der Waals surface area contributed by atoms with E-state index in [0.29, 0.717) is 5.41 Å². The van der Waals surface area contributed by atoms with E-state index in [1.807, 2.05) is 0 Å². The number of allylic oxidation sites excluding steroid dienone is 2. The van der Waals surface area contributed by atoms with Crippen LogP contribution in [0.25, 0.3) is 0 Å². The summed E-state index contributed by atoms with van der Waals surface area (Å²) in [5, 5.41) is 1.15. The van der Waals surface area contributed by atoms with Gasteiger partial charge in [-0.3, -0.25) is 0 Å². The average molecular weight is 217 g/mol. The van der Waals surface area contributed by atoms with E-state index < -0.39 is 0 Å². The molecule has 0 aromatic rings. The fraction of sp³-hybridized carbons (Fsp3) is 0.800. The maximum atomic E-state index is 3.55. The van der Waals surface area contributed by atoms with E-state index in [1.54, 1.807) is 0 Å². The zero-order valence-electron chi connectivity index (χ0n) is 7.82. The van der Waals surface area contributed by atoms with Crippen molar-refractivity contribution in [2.24, 2.45) is 17.3 Å². The van der Waals surface area contributed by atoms with E-state index in [2.05, 4.69) is 49.7 Å². The third kappa shape index (κ3) is 1.69. The molecule has 1 rings (SSSR count). The largest absolute Gasteiger partial charge is 0.0925 e. The van der Waals surface area contributed by atoms with Gasteiger partial charge in [-0.2, -0.15) is 0 Å². The van der Waals surface area contributed by atoms with Crippen LogP contribution >= 0.6 is 15.9 Å². The minimum Gasteiger partial charge on any atom is -0.0925 e. The Hall–Kier alpha value is 0.220. The Kier molecular flexibility index (Phi) is 2.48. The first kappa shape index (κ1) is 9.31. The summed E-state index contributed by atoms with van der Waals surface area (Å²) in [6, 6.07) is 0. The highest BCUT2D eigenvalue weighted by Crippen LogP contribution is 2.59. The Bertz CT molecular complexity index is 175. The number of halogens is 1. The molecule has 1 aliphatic rings. The van der Waals surface area contributed by atoms with E-state index in [4.69, 9.17) is 0 Å². The molecule has 1 fully saturated rings. The zero-order chi connectivity index (χ0) is 8.65. The predicted octanol–water partition coefficient (Wildman–Crippen LogP) is 3.62. The van der Waals surface area contributed by atoms with E-state index in [9.17, 15) is 0 Å². The lowest BCUT2D eigenvalue weighted by Gasteiger charge is -1.97. The summed E-state index contributed by atoms with van der Waals surface area (Å²) >= 11 is 3.55. The number of hydrogen-bond donors (Lipinski definition) is 0. The third-order valence-electron chi connectivity index (χ3n) is 2.82. The van der Waals surface area contributed by atoms with Crippen LogP contribution in [0.4, 0.5) is 0 Å². The summed E-state index contributed by atoms with van der Waals surface area (Å²) in [7, 11) is 0. The first-order chi connectivity index (χ1) is 5.00. The topological polar surface area (TPSA) is 0 Å². The van der Waals surface area contributed by atoms with Gasteiger partial charge in [-0.25, -0.2) is 0 Å². The molecule has 0 saturated heterocycles. The molecule has 0 N–H and O–H groups in total. The lowest BCUT2D eigenvalue weighted by molar-refractivity contribution is 0.573. The molecule has 1 aliphatic carbocycles. The monoisotopic (exact) mass is 216 g/mol. The average Bonchev–Trinajstić information content (AvgIpc) is 2.33. The highest BCUT2D eigenvalue weighted by atomic mass is 79.9. The van der Waals surface area contributed by atoms with Crippen molar-refractivity contribution in [3.8, 4) is 0 Å². The molecule has 11 heavy (non-hydrogen) atoms. The molecule has 0 radical (unpaired) electrons. The molecule has 0 nitrogen and oxygen atoms in total. The number of rotatable bonds is 2. The van der Waals surface area contributed by atoms with Crippen LogP contribution in [0, 0.1) is 17.3 Å². The molecule has 0 spiro atoms. The predicted molar refractivity (Wildman–Crippen MR) is 54.0 cm³/mol. The maximum Gasteiger partial charge on any atom is 0.00708 e. The second-order valence-corrected chi connectivity index (χ2v) is 5.00. The van der Waals surface area contributed by atoms with Crippen LogP contribution in [0.1, 0.15) is 27.7 Å². The SMILES string of the molecule is CC(C)=C[C@H]1[C@@H](CBr)C1(C)C. The zero-order valence-corrected chi connectivity index (χ0v) is 9.40. The van der Waals surface area contributed by atoms with Crippen molar-refractivity contribution in [3.63, 3.8) is 0 Å². The molecule has 0 aliphatic heterocycles. The van der Waals surface area contributed by atoms with E-state index >= 15 is 0 Å². The fourth-order valence-corrected chi connectivity index (χ4v) is 3.01. The van der Waals surface area contributed by atoms with Crippen LogP contribution in [-0.2, 0) is 0 Å². The molecule has 0 aromatic carbocycles. The van der Waals surface area contributed by atoms with Crippen molar-refractivity contribution in [3.05, 3.63) is 11.6 Å². The molecule has 0 bridgehead atoms. The molecule has 0 amide bonds. The minimum absolute atomic E-state index is 0.542. The van der Waals surface area contributed by atoms with Crippen LogP contribution in [0.3, 0.4) is 0 Å². The standard InChI is InChI=1S/C10H17Br/c1-7(2)5-8-9(6-11)10(8,3)4/h5,8-9H,6H2,1-4H3/t8-,9+/m0/s1. The molecular weight excluding hydrogens is 200 g/mol. The molecule has 1 heteroatoms. The Labute approximate surface area is 78.2 Å². The number of hydrogen-bond acceptors (Lipinski definition) is 0. The van der Waals surface area contributed by atoms with Crippen molar-refractivity contribution < 1.29 is 0 Å². The van der Waals surface area contributed by atoms with Crippen LogP contribution in [0.5, 0.6) is 0 Å². The number of alkyl halides is 1. The maximum absolute atomic E-state index is 3.55. The van der Waals surface area contributed by atoms with E-state index in [0.717, 1.165) is 17.2 Å². The van der Waals surface area contributed by atoms with Gasteiger partial charge in [0.25, 0.3) is 0 Å². The Morgan fingerprint density at radius 3 is 2.27 bits per heavy atom. The fourth-order valence-electron chi connectivity index (χ4n) is 1.77. The van der Waals surface area contributed by atoms with Gasteiger partial charge in [-0.05, 0) is 31.1 Å². The first-order valence-electron chi connectivity index (χ1n) is 4.21. The van der Waals surface area contributed by atoms with E-state index in [-0.39, 0.29) is 0 Å². The van der Waals surface area contributed by atoms with Gasteiger partial charge >= 0.3 is 0 Å². The molecule has 0 heterocycles. The van der Waals surface area contributed by atoms with Gasteiger partial charge < -0.3 is 0 Å². The molecule has 0 aromatic heterocycles. The molecule has 0 unspecified atom stereocenters. The lowest BCUT2D eigenvalue weighted by atomic mass is 10.1. The molecule has 1 saturated carbocycles. The molecular formula is C10H17Br. The van der Waals surface area contributed by atoms with Gasteiger partial charge in [0.2, 0.25) is 0 Å². The molecule has 64 valence electrons. The summed E-state index contributed by atoms with van der Waals surface area (Å²) in [5.74, 6) is 1.67. The smallest absolute Gasteiger partial charge is 0.00708 e. The van der Waals surface area contributed by atoms with Gasteiger partial charge in [0, 0.05) is 5.33 Å². The summed E-state index contributed by atoms with van der Waals surface area (Å²) in [6.45, 7) is 9.06. The second kappa shape index (κ2) is 2.93. The van der Waals surface area contributed by atoms with Crippen molar-refractivity contribution >= 4 is 15.9 Å². The normalized spacial score (nSPS) is 33.2. The first-order valence-corrected chi connectivity index (χ1v) is 5.33. The summed E-state index contributed by atoms with van der Waals surface area (Å²) in [6.07, 6.45) is 2.41. The quantitative estimate of drug-likeness (QED) is 0.489. The summed E-state index contributed by atoms with van der Waals surface area (Å²) in [4.78, 5) is 0. The van der Waals surface area contributed by atoms with Crippen LogP contribution < -0.4 is 0 Å². The van der Waals surface area contributed by atoms with Gasteiger partial charge in [-0.1, -0.05) is 41.4 Å².